The number of carbonyl (C=O) groups is 1. The zero-order chi connectivity index (χ0) is 15.2. The Balaban J connectivity index is 1.98. The van der Waals surface area contributed by atoms with Gasteiger partial charge in [-0.2, -0.15) is 5.10 Å². The highest BCUT2D eigenvalue weighted by Crippen LogP contribution is 2.28. The summed E-state index contributed by atoms with van der Waals surface area (Å²) in [5.74, 6) is -0.0656. The predicted molar refractivity (Wildman–Crippen MR) is 87.6 cm³/mol. The van der Waals surface area contributed by atoms with Crippen molar-refractivity contribution in [2.45, 2.75) is 43.9 Å². The number of anilines is 1. The quantitative estimate of drug-likeness (QED) is 0.827. The number of benzene rings is 1. The minimum absolute atomic E-state index is 0.0656. The van der Waals surface area contributed by atoms with Gasteiger partial charge in [0.05, 0.1) is 0 Å². The summed E-state index contributed by atoms with van der Waals surface area (Å²) in [6.07, 6.45) is 4.59. The van der Waals surface area contributed by atoms with Gasteiger partial charge in [0, 0.05) is 28.2 Å². The molecule has 0 radical (unpaired) electrons. The lowest BCUT2D eigenvalue weighted by Gasteiger charge is -2.12. The third-order valence-corrected chi connectivity index (χ3v) is 4.51. The molecule has 0 aliphatic rings. The Morgan fingerprint density at radius 2 is 2.29 bits per heavy atom. The van der Waals surface area contributed by atoms with Crippen LogP contribution in [-0.4, -0.2) is 20.9 Å². The molecule has 0 saturated heterocycles. The van der Waals surface area contributed by atoms with Gasteiger partial charge in [-0.15, -0.1) is 11.8 Å². The van der Waals surface area contributed by atoms with Crippen molar-refractivity contribution in [3.63, 3.8) is 0 Å². The number of nitrogens with zero attached hydrogens (tertiary/aromatic N) is 2. The van der Waals surface area contributed by atoms with Gasteiger partial charge in [-0.1, -0.05) is 13.8 Å². The van der Waals surface area contributed by atoms with Gasteiger partial charge in [-0.3, -0.25) is 9.48 Å². The van der Waals surface area contributed by atoms with Crippen molar-refractivity contribution in [1.82, 2.24) is 9.78 Å². The molecule has 1 heterocycles. The fraction of sp³-hybridized carbons (Fsp3) is 0.375. The van der Waals surface area contributed by atoms with E-state index in [1.807, 2.05) is 24.8 Å². The minimum atomic E-state index is -0.0656. The summed E-state index contributed by atoms with van der Waals surface area (Å²) in [6, 6.07) is 7.97. The van der Waals surface area contributed by atoms with E-state index < -0.39 is 0 Å². The lowest BCUT2D eigenvalue weighted by atomic mass is 10.2. The molecule has 4 nitrogen and oxygen atoms in total. The van der Waals surface area contributed by atoms with Gasteiger partial charge in [0.25, 0.3) is 0 Å². The van der Waals surface area contributed by atoms with Crippen molar-refractivity contribution in [3.8, 4) is 0 Å². The maximum Gasteiger partial charge on any atom is 0.246 e. The molecule has 1 N–H and O–H groups in total. The Morgan fingerprint density at radius 3 is 2.90 bits per heavy atom. The highest BCUT2D eigenvalue weighted by atomic mass is 32.2. The first-order valence-electron chi connectivity index (χ1n) is 7.13. The highest BCUT2D eigenvalue weighted by Gasteiger charge is 2.08. The van der Waals surface area contributed by atoms with Gasteiger partial charge in [0.2, 0.25) is 5.91 Å². The number of rotatable bonds is 6. The molecular formula is C16H21N3OS. The van der Waals surface area contributed by atoms with Crippen LogP contribution >= 0.6 is 11.8 Å². The van der Waals surface area contributed by atoms with Crippen molar-refractivity contribution in [2.75, 3.05) is 5.32 Å². The summed E-state index contributed by atoms with van der Waals surface area (Å²) in [5, 5.41) is 7.56. The maximum atomic E-state index is 12.0. The molecule has 1 aromatic heterocycles. The number of carbonyl (C=O) groups excluding carboxylic acids is 1. The molecule has 0 saturated carbocycles. The number of hydrogen-bond acceptors (Lipinski definition) is 3. The number of thioether (sulfide) groups is 1. The largest absolute Gasteiger partial charge is 0.324 e. The maximum absolute atomic E-state index is 12.0. The second kappa shape index (κ2) is 7.31. The molecule has 21 heavy (non-hydrogen) atoms. The number of aromatic nitrogens is 2. The fourth-order valence-corrected chi connectivity index (χ4v) is 2.92. The Labute approximate surface area is 129 Å². The number of nitrogens with one attached hydrogen (secondary N) is 1. The Morgan fingerprint density at radius 1 is 1.48 bits per heavy atom. The molecule has 1 atom stereocenters. The second-order valence-electron chi connectivity index (χ2n) is 5.07. The number of amides is 1. The van der Waals surface area contributed by atoms with Gasteiger partial charge < -0.3 is 5.32 Å². The van der Waals surface area contributed by atoms with Crippen LogP contribution in [0.5, 0.6) is 0 Å². The van der Waals surface area contributed by atoms with Crippen LogP contribution in [0.25, 0.3) is 0 Å². The number of hydrogen-bond donors (Lipinski definition) is 1. The van der Waals surface area contributed by atoms with Gasteiger partial charge in [-0.05, 0) is 43.2 Å². The summed E-state index contributed by atoms with van der Waals surface area (Å²) < 4.78 is 1.61. The molecule has 112 valence electrons. The first-order valence-corrected chi connectivity index (χ1v) is 8.01. The lowest BCUT2D eigenvalue weighted by molar-refractivity contribution is -0.116. The molecule has 2 rings (SSSR count). The predicted octanol–water partition coefficient (Wildman–Crippen LogP) is 3.72. The van der Waals surface area contributed by atoms with E-state index >= 15 is 0 Å². The van der Waals surface area contributed by atoms with E-state index in [1.54, 1.807) is 23.1 Å². The Bertz CT molecular complexity index is 596. The summed E-state index contributed by atoms with van der Waals surface area (Å²) in [7, 11) is 0. The van der Waals surface area contributed by atoms with E-state index in [-0.39, 0.29) is 12.5 Å². The van der Waals surface area contributed by atoms with Crippen LogP contribution in [0.4, 0.5) is 5.69 Å². The van der Waals surface area contributed by atoms with Crippen LogP contribution in [0, 0.1) is 6.92 Å². The van der Waals surface area contributed by atoms with Crippen LogP contribution in [0.15, 0.2) is 41.6 Å². The zero-order valence-corrected chi connectivity index (χ0v) is 13.5. The first-order chi connectivity index (χ1) is 10.1. The van der Waals surface area contributed by atoms with Crippen molar-refractivity contribution in [1.29, 1.82) is 0 Å². The normalized spacial score (nSPS) is 12.1. The van der Waals surface area contributed by atoms with Crippen molar-refractivity contribution >= 4 is 23.4 Å². The molecule has 0 aliphatic carbocycles. The van der Waals surface area contributed by atoms with Crippen molar-refractivity contribution < 1.29 is 4.79 Å². The molecule has 2 aromatic rings. The van der Waals surface area contributed by atoms with Crippen molar-refractivity contribution in [3.05, 3.63) is 42.2 Å². The van der Waals surface area contributed by atoms with E-state index in [9.17, 15) is 4.79 Å². The second-order valence-corrected chi connectivity index (χ2v) is 6.58. The average molecular weight is 303 g/mol. The third-order valence-electron chi connectivity index (χ3n) is 3.25. The van der Waals surface area contributed by atoms with Crippen molar-refractivity contribution in [2.24, 2.45) is 0 Å². The van der Waals surface area contributed by atoms with Gasteiger partial charge in [0.15, 0.2) is 0 Å². The van der Waals surface area contributed by atoms with E-state index in [0.29, 0.717) is 5.25 Å². The van der Waals surface area contributed by atoms with Crippen LogP contribution in [-0.2, 0) is 11.3 Å². The molecule has 0 aliphatic heterocycles. The lowest BCUT2D eigenvalue weighted by Crippen LogP contribution is -2.19. The third kappa shape index (κ3) is 4.63. The average Bonchev–Trinajstić information content (AvgIpc) is 2.94. The van der Waals surface area contributed by atoms with E-state index in [1.165, 1.54) is 4.90 Å². The minimum Gasteiger partial charge on any atom is -0.324 e. The molecule has 0 bridgehead atoms. The van der Waals surface area contributed by atoms with Gasteiger partial charge >= 0.3 is 0 Å². The highest BCUT2D eigenvalue weighted by molar-refractivity contribution is 7.99. The molecule has 0 fully saturated rings. The summed E-state index contributed by atoms with van der Waals surface area (Å²) in [4.78, 5) is 13.2. The van der Waals surface area contributed by atoms with E-state index in [4.69, 9.17) is 0 Å². The monoisotopic (exact) mass is 303 g/mol. The SMILES string of the molecule is CCC(C)Sc1ccc(NC(=O)Cn2cccn2)c(C)c1. The summed E-state index contributed by atoms with van der Waals surface area (Å²) >= 11 is 1.86. The van der Waals surface area contributed by atoms with E-state index in [0.717, 1.165) is 17.7 Å². The van der Waals surface area contributed by atoms with Crippen LogP contribution in [0.3, 0.4) is 0 Å². The molecule has 5 heteroatoms. The smallest absolute Gasteiger partial charge is 0.246 e. The van der Waals surface area contributed by atoms with Crippen LogP contribution in [0.1, 0.15) is 25.8 Å². The molecule has 1 amide bonds. The first kappa shape index (κ1) is 15.6. The standard InChI is InChI=1S/C16H21N3OS/c1-4-13(3)21-14-6-7-15(12(2)10-14)18-16(20)11-19-9-5-8-17-19/h5-10,13H,4,11H2,1-3H3,(H,18,20). The molecule has 0 spiro atoms. The number of aryl methyl sites for hydroxylation is 1. The topological polar surface area (TPSA) is 46.9 Å². The summed E-state index contributed by atoms with van der Waals surface area (Å²) in [5.41, 5.74) is 1.94. The summed E-state index contributed by atoms with van der Waals surface area (Å²) in [6.45, 7) is 6.66. The van der Waals surface area contributed by atoms with Gasteiger partial charge in [-0.25, -0.2) is 0 Å². The van der Waals surface area contributed by atoms with Gasteiger partial charge in [0.1, 0.15) is 6.54 Å². The van der Waals surface area contributed by atoms with Crippen LogP contribution in [0.2, 0.25) is 0 Å². The van der Waals surface area contributed by atoms with Crippen LogP contribution < -0.4 is 5.32 Å². The molecule has 1 unspecified atom stereocenters. The Kier molecular flexibility index (Phi) is 5.44. The zero-order valence-electron chi connectivity index (χ0n) is 12.7. The molecule has 1 aromatic carbocycles. The fourth-order valence-electron chi connectivity index (χ4n) is 1.90. The molecular weight excluding hydrogens is 282 g/mol. The Hall–Kier alpha value is -1.75. The van der Waals surface area contributed by atoms with E-state index in [2.05, 4.69) is 36.4 Å².